The lowest BCUT2D eigenvalue weighted by Crippen LogP contribution is -2.44. The van der Waals surface area contributed by atoms with Crippen molar-refractivity contribution in [2.75, 3.05) is 26.8 Å². The Labute approximate surface area is 144 Å². The van der Waals surface area contributed by atoms with Gasteiger partial charge in [0.25, 0.3) is 0 Å². The highest BCUT2D eigenvalue weighted by atomic mass is 16.5. The second kappa shape index (κ2) is 8.02. The first-order chi connectivity index (χ1) is 11.7. The predicted molar refractivity (Wildman–Crippen MR) is 94.1 cm³/mol. The fourth-order valence-corrected chi connectivity index (χ4v) is 4.33. The van der Waals surface area contributed by atoms with E-state index in [-0.39, 0.29) is 24.3 Å². The molecular weight excluding hydrogens is 302 g/mol. The molecule has 0 radical (unpaired) electrons. The summed E-state index contributed by atoms with van der Waals surface area (Å²) in [5.74, 6) is 1.72. The molecule has 1 aliphatic heterocycles. The predicted octanol–water partition coefficient (Wildman–Crippen LogP) is 3.20. The molecule has 1 aliphatic carbocycles. The highest BCUT2D eigenvalue weighted by Crippen LogP contribution is 2.39. The molecule has 1 heterocycles. The number of carbonyl (C=O) groups excluding carboxylic acids is 1. The van der Waals surface area contributed by atoms with Gasteiger partial charge in [-0.1, -0.05) is 25.0 Å². The van der Waals surface area contributed by atoms with Gasteiger partial charge < -0.3 is 14.7 Å². The Balaban J connectivity index is 1.82. The van der Waals surface area contributed by atoms with E-state index in [4.69, 9.17) is 4.74 Å². The van der Waals surface area contributed by atoms with Crippen molar-refractivity contribution in [2.24, 2.45) is 11.8 Å². The first-order valence-corrected chi connectivity index (χ1v) is 9.26. The third-order valence-electron chi connectivity index (χ3n) is 5.70. The molecule has 1 aromatic rings. The Kier molecular flexibility index (Phi) is 5.77. The van der Waals surface area contributed by atoms with Gasteiger partial charge in [0, 0.05) is 19.7 Å². The second-order valence-corrected chi connectivity index (χ2v) is 7.27. The van der Waals surface area contributed by atoms with Crippen LogP contribution in [0.4, 0.5) is 0 Å². The van der Waals surface area contributed by atoms with E-state index in [1.807, 2.05) is 29.2 Å². The summed E-state index contributed by atoms with van der Waals surface area (Å²) in [5, 5.41) is 9.46. The minimum absolute atomic E-state index is 0.0455. The Morgan fingerprint density at radius 2 is 1.92 bits per heavy atom. The third-order valence-corrected chi connectivity index (χ3v) is 5.70. The van der Waals surface area contributed by atoms with Crippen molar-refractivity contribution < 1.29 is 14.6 Å². The average Bonchev–Trinajstić information content (AvgIpc) is 3.16. The van der Waals surface area contributed by atoms with Gasteiger partial charge in [0.1, 0.15) is 5.75 Å². The van der Waals surface area contributed by atoms with Gasteiger partial charge in [-0.05, 0) is 55.2 Å². The maximum atomic E-state index is 13.3. The van der Waals surface area contributed by atoms with E-state index in [1.54, 1.807) is 7.11 Å². The molecule has 4 nitrogen and oxygen atoms in total. The van der Waals surface area contributed by atoms with Gasteiger partial charge in [-0.15, -0.1) is 0 Å². The fraction of sp³-hybridized carbons (Fsp3) is 0.650. The van der Waals surface area contributed by atoms with Gasteiger partial charge in [-0.25, -0.2) is 0 Å². The van der Waals surface area contributed by atoms with Gasteiger partial charge in [-0.2, -0.15) is 0 Å². The molecule has 0 bridgehead atoms. The van der Waals surface area contributed by atoms with Gasteiger partial charge in [0.2, 0.25) is 5.91 Å². The van der Waals surface area contributed by atoms with Crippen molar-refractivity contribution in [3.05, 3.63) is 29.8 Å². The normalized spacial score (nSPS) is 23.2. The van der Waals surface area contributed by atoms with Gasteiger partial charge in [-0.3, -0.25) is 4.79 Å². The SMILES string of the molecule is COc1ccc(C(C(=O)N2CCCC(CO)C2)C2CCCC2)cc1. The summed E-state index contributed by atoms with van der Waals surface area (Å²) in [7, 11) is 1.66. The van der Waals surface area contributed by atoms with E-state index >= 15 is 0 Å². The summed E-state index contributed by atoms with van der Waals surface area (Å²) < 4.78 is 5.26. The van der Waals surface area contributed by atoms with E-state index < -0.39 is 0 Å². The lowest BCUT2D eigenvalue weighted by molar-refractivity contribution is -0.136. The van der Waals surface area contributed by atoms with Crippen LogP contribution < -0.4 is 4.74 Å². The number of hydrogen-bond donors (Lipinski definition) is 1. The molecule has 0 aromatic heterocycles. The summed E-state index contributed by atoms with van der Waals surface area (Å²) in [5.41, 5.74) is 1.11. The monoisotopic (exact) mass is 331 g/mol. The smallest absolute Gasteiger partial charge is 0.230 e. The number of benzene rings is 1. The number of rotatable bonds is 5. The molecule has 2 aliphatic rings. The van der Waals surface area contributed by atoms with Crippen LogP contribution >= 0.6 is 0 Å². The quantitative estimate of drug-likeness (QED) is 0.901. The number of aliphatic hydroxyl groups is 1. The first-order valence-electron chi connectivity index (χ1n) is 9.26. The summed E-state index contributed by atoms with van der Waals surface area (Å²) in [6.45, 7) is 1.71. The second-order valence-electron chi connectivity index (χ2n) is 7.27. The van der Waals surface area contributed by atoms with Crippen molar-refractivity contribution in [2.45, 2.75) is 44.4 Å². The first kappa shape index (κ1) is 17.3. The fourth-order valence-electron chi connectivity index (χ4n) is 4.33. The molecule has 1 amide bonds. The Morgan fingerprint density at radius 1 is 1.21 bits per heavy atom. The number of carbonyl (C=O) groups is 1. The number of nitrogens with zero attached hydrogens (tertiary/aromatic N) is 1. The number of aliphatic hydroxyl groups excluding tert-OH is 1. The number of amides is 1. The maximum Gasteiger partial charge on any atom is 0.230 e. The highest BCUT2D eigenvalue weighted by Gasteiger charge is 2.36. The zero-order chi connectivity index (χ0) is 16.9. The van der Waals surface area contributed by atoms with Crippen LogP contribution in [0, 0.1) is 11.8 Å². The molecule has 1 aromatic carbocycles. The number of ether oxygens (including phenoxy) is 1. The van der Waals surface area contributed by atoms with Crippen LogP contribution in [0.25, 0.3) is 0 Å². The number of hydrogen-bond acceptors (Lipinski definition) is 3. The largest absolute Gasteiger partial charge is 0.497 e. The van der Waals surface area contributed by atoms with E-state index in [0.29, 0.717) is 12.5 Å². The van der Waals surface area contributed by atoms with Crippen LogP contribution in [0.2, 0.25) is 0 Å². The Hall–Kier alpha value is -1.55. The van der Waals surface area contributed by atoms with Crippen molar-refractivity contribution in [3.63, 3.8) is 0 Å². The van der Waals surface area contributed by atoms with Crippen molar-refractivity contribution in [3.8, 4) is 5.75 Å². The molecule has 2 unspecified atom stereocenters. The van der Waals surface area contributed by atoms with Crippen LogP contribution in [-0.2, 0) is 4.79 Å². The highest BCUT2D eigenvalue weighted by molar-refractivity contribution is 5.84. The van der Waals surface area contributed by atoms with Gasteiger partial charge in [0.15, 0.2) is 0 Å². The molecule has 2 fully saturated rings. The van der Waals surface area contributed by atoms with Crippen molar-refractivity contribution in [1.82, 2.24) is 4.90 Å². The van der Waals surface area contributed by atoms with Gasteiger partial charge >= 0.3 is 0 Å². The zero-order valence-corrected chi connectivity index (χ0v) is 14.6. The van der Waals surface area contributed by atoms with Crippen molar-refractivity contribution in [1.29, 1.82) is 0 Å². The van der Waals surface area contributed by atoms with Crippen LogP contribution in [-0.4, -0.2) is 42.7 Å². The standard InChI is InChI=1S/C20H29NO3/c1-24-18-10-8-17(9-11-18)19(16-6-2-3-7-16)20(23)21-12-4-5-15(13-21)14-22/h8-11,15-16,19,22H,2-7,12-14H2,1H3. The molecule has 24 heavy (non-hydrogen) atoms. The van der Waals surface area contributed by atoms with E-state index in [9.17, 15) is 9.90 Å². The molecular formula is C20H29NO3. The summed E-state index contributed by atoms with van der Waals surface area (Å²) in [4.78, 5) is 15.3. The van der Waals surface area contributed by atoms with E-state index in [2.05, 4.69) is 0 Å². The summed E-state index contributed by atoms with van der Waals surface area (Å²) in [6, 6.07) is 8.01. The molecule has 1 saturated heterocycles. The molecule has 4 heteroatoms. The van der Waals surface area contributed by atoms with Crippen molar-refractivity contribution >= 4 is 5.91 Å². The van der Waals surface area contributed by atoms with E-state index in [0.717, 1.165) is 43.5 Å². The molecule has 2 atom stereocenters. The lowest BCUT2D eigenvalue weighted by atomic mass is 9.83. The molecule has 1 saturated carbocycles. The lowest BCUT2D eigenvalue weighted by Gasteiger charge is -2.36. The Morgan fingerprint density at radius 3 is 2.54 bits per heavy atom. The van der Waals surface area contributed by atoms with Crippen LogP contribution in [0.3, 0.4) is 0 Å². The number of likely N-dealkylation sites (tertiary alicyclic amines) is 1. The molecule has 3 rings (SSSR count). The molecule has 0 spiro atoms. The molecule has 1 N–H and O–H groups in total. The maximum absolute atomic E-state index is 13.3. The zero-order valence-electron chi connectivity index (χ0n) is 14.6. The van der Waals surface area contributed by atoms with Crippen LogP contribution in [0.15, 0.2) is 24.3 Å². The number of piperidine rings is 1. The van der Waals surface area contributed by atoms with Crippen LogP contribution in [0.5, 0.6) is 5.75 Å². The van der Waals surface area contributed by atoms with Gasteiger partial charge in [0.05, 0.1) is 13.0 Å². The Bertz CT molecular complexity index is 536. The third kappa shape index (κ3) is 3.75. The minimum atomic E-state index is -0.0455. The minimum Gasteiger partial charge on any atom is -0.497 e. The van der Waals surface area contributed by atoms with E-state index in [1.165, 1.54) is 12.8 Å². The summed E-state index contributed by atoms with van der Waals surface area (Å²) in [6.07, 6.45) is 6.75. The number of methoxy groups -OCH3 is 1. The topological polar surface area (TPSA) is 49.8 Å². The van der Waals surface area contributed by atoms with Crippen LogP contribution in [0.1, 0.15) is 50.0 Å². The average molecular weight is 331 g/mol. The molecule has 132 valence electrons. The summed E-state index contributed by atoms with van der Waals surface area (Å²) >= 11 is 0.